The summed E-state index contributed by atoms with van der Waals surface area (Å²) < 4.78 is 19.7. The molecule has 122 valence electrons. The Morgan fingerprint density at radius 3 is 2.71 bits per heavy atom. The van der Waals surface area contributed by atoms with E-state index in [0.29, 0.717) is 28.3 Å². The van der Waals surface area contributed by atoms with Crippen LogP contribution in [0.5, 0.6) is 0 Å². The third kappa shape index (κ3) is 3.23. The maximum absolute atomic E-state index is 13.7. The zero-order valence-electron chi connectivity index (χ0n) is 13.1. The van der Waals surface area contributed by atoms with Crippen LogP contribution in [0.4, 0.5) is 10.1 Å². The van der Waals surface area contributed by atoms with Gasteiger partial charge in [0.25, 0.3) is 5.91 Å². The third-order valence-electron chi connectivity index (χ3n) is 3.62. The molecule has 6 heteroatoms. The Labute approximate surface area is 146 Å². The monoisotopic (exact) mass is 388 g/mol. The van der Waals surface area contributed by atoms with Crippen molar-refractivity contribution in [3.8, 4) is 11.3 Å². The van der Waals surface area contributed by atoms with Gasteiger partial charge in [0.1, 0.15) is 22.8 Å². The topological polar surface area (TPSA) is 55.1 Å². The number of nitrogens with zero attached hydrogens (tertiary/aromatic N) is 1. The molecule has 1 N–H and O–H groups in total. The smallest absolute Gasteiger partial charge is 0.261 e. The van der Waals surface area contributed by atoms with E-state index in [4.69, 9.17) is 4.52 Å². The van der Waals surface area contributed by atoms with Crippen molar-refractivity contribution >= 4 is 27.5 Å². The number of benzene rings is 2. The van der Waals surface area contributed by atoms with Gasteiger partial charge in [-0.1, -0.05) is 39.3 Å². The molecule has 2 aromatic carbocycles. The molecule has 0 fully saturated rings. The Balaban J connectivity index is 1.95. The van der Waals surface area contributed by atoms with E-state index >= 15 is 0 Å². The largest absolute Gasteiger partial charge is 0.360 e. The minimum atomic E-state index is -0.396. The van der Waals surface area contributed by atoms with Gasteiger partial charge >= 0.3 is 0 Å². The van der Waals surface area contributed by atoms with E-state index in [-0.39, 0.29) is 5.82 Å². The number of halogens is 2. The van der Waals surface area contributed by atoms with Crippen molar-refractivity contribution in [2.24, 2.45) is 0 Å². The molecule has 0 saturated heterocycles. The van der Waals surface area contributed by atoms with Crippen LogP contribution in [-0.2, 0) is 0 Å². The fourth-order valence-corrected chi connectivity index (χ4v) is 2.74. The number of aromatic nitrogens is 1. The third-order valence-corrected chi connectivity index (χ3v) is 4.11. The number of hydrogen-bond donors (Lipinski definition) is 1. The number of amides is 1. The summed E-state index contributed by atoms with van der Waals surface area (Å²) in [6.07, 6.45) is 0. The number of carbonyl (C=O) groups excluding carboxylic acids is 1. The van der Waals surface area contributed by atoms with Crippen LogP contribution in [0.1, 0.15) is 21.7 Å². The number of nitrogens with one attached hydrogen (secondary N) is 1. The zero-order chi connectivity index (χ0) is 17.3. The maximum Gasteiger partial charge on any atom is 0.261 e. The average molecular weight is 389 g/mol. The quantitative estimate of drug-likeness (QED) is 0.677. The standard InChI is InChI=1S/C18H14BrFN2O2/c1-10-6-7-14(9-15(10)20)21-18(23)16-11(2)24-22-17(16)12-4-3-5-13(19)8-12/h3-9H,1-2H3,(H,21,23). The lowest BCUT2D eigenvalue weighted by Gasteiger charge is -2.07. The molecule has 24 heavy (non-hydrogen) atoms. The summed E-state index contributed by atoms with van der Waals surface area (Å²) in [6, 6.07) is 12.0. The molecule has 3 aromatic rings. The van der Waals surface area contributed by atoms with Gasteiger partial charge in [0, 0.05) is 15.7 Å². The fourth-order valence-electron chi connectivity index (χ4n) is 2.34. The van der Waals surface area contributed by atoms with Crippen LogP contribution in [0.25, 0.3) is 11.3 Å². The Bertz CT molecular complexity index is 921. The summed E-state index contributed by atoms with van der Waals surface area (Å²) in [5.41, 5.74) is 2.42. The second kappa shape index (κ2) is 6.57. The molecule has 0 aliphatic heterocycles. The fraction of sp³-hybridized carbons (Fsp3) is 0.111. The van der Waals surface area contributed by atoms with Crippen molar-refractivity contribution in [3.63, 3.8) is 0 Å². The summed E-state index contributed by atoms with van der Waals surface area (Å²) in [7, 11) is 0. The van der Waals surface area contributed by atoms with E-state index < -0.39 is 5.91 Å². The second-order valence-electron chi connectivity index (χ2n) is 5.39. The molecule has 1 aromatic heterocycles. The Morgan fingerprint density at radius 1 is 1.21 bits per heavy atom. The molecule has 1 amide bonds. The van der Waals surface area contributed by atoms with Gasteiger partial charge in [-0.2, -0.15) is 0 Å². The van der Waals surface area contributed by atoms with Crippen molar-refractivity contribution in [1.29, 1.82) is 0 Å². The molecule has 0 radical (unpaired) electrons. The molecular formula is C18H14BrFN2O2. The first kappa shape index (κ1) is 16.4. The summed E-state index contributed by atoms with van der Waals surface area (Å²) in [5, 5.41) is 6.68. The van der Waals surface area contributed by atoms with Gasteiger partial charge in [0.15, 0.2) is 0 Å². The van der Waals surface area contributed by atoms with Gasteiger partial charge < -0.3 is 9.84 Å². The Hall–Kier alpha value is -2.47. The highest BCUT2D eigenvalue weighted by Gasteiger charge is 2.22. The molecule has 0 atom stereocenters. The van der Waals surface area contributed by atoms with E-state index in [2.05, 4.69) is 26.4 Å². The van der Waals surface area contributed by atoms with Crippen molar-refractivity contribution < 1.29 is 13.7 Å². The SMILES string of the molecule is Cc1ccc(NC(=O)c2c(-c3cccc(Br)c3)noc2C)cc1F. The normalized spacial score (nSPS) is 10.7. The van der Waals surface area contributed by atoms with E-state index in [0.717, 1.165) is 10.0 Å². The summed E-state index contributed by atoms with van der Waals surface area (Å²) >= 11 is 3.40. The molecule has 0 aliphatic carbocycles. The molecule has 0 bridgehead atoms. The first-order valence-corrected chi connectivity index (χ1v) is 8.04. The highest BCUT2D eigenvalue weighted by atomic mass is 79.9. The lowest BCUT2D eigenvalue weighted by Crippen LogP contribution is -2.13. The average Bonchev–Trinajstić information content (AvgIpc) is 2.93. The number of anilines is 1. The number of hydrogen-bond acceptors (Lipinski definition) is 3. The summed E-state index contributed by atoms with van der Waals surface area (Å²) in [4.78, 5) is 12.6. The van der Waals surface area contributed by atoms with Crippen LogP contribution in [0, 0.1) is 19.7 Å². The molecule has 3 rings (SSSR count). The van der Waals surface area contributed by atoms with Crippen LogP contribution in [-0.4, -0.2) is 11.1 Å². The van der Waals surface area contributed by atoms with E-state index in [1.165, 1.54) is 6.07 Å². The lowest BCUT2D eigenvalue weighted by molar-refractivity contribution is 0.102. The van der Waals surface area contributed by atoms with Crippen LogP contribution < -0.4 is 5.32 Å². The number of aryl methyl sites for hydroxylation is 2. The van der Waals surface area contributed by atoms with Crippen molar-refractivity contribution in [2.75, 3.05) is 5.32 Å². The first-order valence-electron chi connectivity index (χ1n) is 7.25. The van der Waals surface area contributed by atoms with Crippen LogP contribution in [0.3, 0.4) is 0 Å². The minimum Gasteiger partial charge on any atom is -0.360 e. The van der Waals surface area contributed by atoms with Crippen molar-refractivity contribution in [2.45, 2.75) is 13.8 Å². The molecular weight excluding hydrogens is 375 g/mol. The molecule has 0 aliphatic rings. The highest BCUT2D eigenvalue weighted by Crippen LogP contribution is 2.28. The van der Waals surface area contributed by atoms with Gasteiger partial charge in [-0.3, -0.25) is 4.79 Å². The minimum absolute atomic E-state index is 0.328. The first-order chi connectivity index (χ1) is 11.5. The Kier molecular flexibility index (Phi) is 4.49. The van der Waals surface area contributed by atoms with E-state index in [1.807, 2.05) is 24.3 Å². The number of rotatable bonds is 3. The van der Waals surface area contributed by atoms with Gasteiger partial charge in [-0.05, 0) is 43.7 Å². The maximum atomic E-state index is 13.7. The van der Waals surface area contributed by atoms with E-state index in [1.54, 1.807) is 26.0 Å². The second-order valence-corrected chi connectivity index (χ2v) is 6.31. The van der Waals surface area contributed by atoms with Gasteiger partial charge in [0.2, 0.25) is 0 Å². The summed E-state index contributed by atoms with van der Waals surface area (Å²) in [5.74, 6) is -0.371. The van der Waals surface area contributed by atoms with Crippen LogP contribution in [0.2, 0.25) is 0 Å². The predicted molar refractivity (Wildman–Crippen MR) is 93.5 cm³/mol. The molecule has 0 saturated carbocycles. The molecule has 0 unspecified atom stereocenters. The van der Waals surface area contributed by atoms with Crippen molar-refractivity contribution in [1.82, 2.24) is 5.16 Å². The van der Waals surface area contributed by atoms with Crippen LogP contribution in [0.15, 0.2) is 51.5 Å². The highest BCUT2D eigenvalue weighted by molar-refractivity contribution is 9.10. The van der Waals surface area contributed by atoms with E-state index in [9.17, 15) is 9.18 Å². The van der Waals surface area contributed by atoms with Crippen LogP contribution >= 0.6 is 15.9 Å². The summed E-state index contributed by atoms with van der Waals surface area (Å²) in [6.45, 7) is 3.33. The number of carbonyl (C=O) groups is 1. The Morgan fingerprint density at radius 2 is 2.00 bits per heavy atom. The van der Waals surface area contributed by atoms with Gasteiger partial charge in [-0.25, -0.2) is 4.39 Å². The zero-order valence-corrected chi connectivity index (χ0v) is 14.6. The van der Waals surface area contributed by atoms with Gasteiger partial charge in [-0.15, -0.1) is 0 Å². The molecule has 4 nitrogen and oxygen atoms in total. The van der Waals surface area contributed by atoms with Gasteiger partial charge in [0.05, 0.1) is 0 Å². The predicted octanol–water partition coefficient (Wildman–Crippen LogP) is 5.11. The molecule has 0 spiro atoms. The lowest BCUT2D eigenvalue weighted by atomic mass is 10.1. The molecule has 1 heterocycles. The van der Waals surface area contributed by atoms with Crippen molar-refractivity contribution in [3.05, 3.63) is 69.6 Å².